The molecule has 0 N–H and O–H groups in total. The number of hydrogen-bond acceptors (Lipinski definition) is 1. The van der Waals surface area contributed by atoms with Gasteiger partial charge in [-0.3, -0.25) is 0 Å². The summed E-state index contributed by atoms with van der Waals surface area (Å²) in [6.07, 6.45) is 4.20. The summed E-state index contributed by atoms with van der Waals surface area (Å²) in [6.45, 7) is 3.73. The van der Waals surface area contributed by atoms with E-state index < -0.39 is 11.6 Å². The molecule has 0 saturated heterocycles. The zero-order chi connectivity index (χ0) is 12.6. The van der Waals surface area contributed by atoms with Gasteiger partial charge in [-0.1, -0.05) is 18.3 Å². The second-order valence-corrected chi connectivity index (χ2v) is 3.99. The Morgan fingerprint density at radius 2 is 1.83 bits per heavy atom. The van der Waals surface area contributed by atoms with Gasteiger partial charge in [0.15, 0.2) is 0 Å². The van der Waals surface area contributed by atoms with Gasteiger partial charge in [0.2, 0.25) is 0 Å². The maximum absolute atomic E-state index is 13.6. The van der Waals surface area contributed by atoms with E-state index in [1.807, 2.05) is 0 Å². The van der Waals surface area contributed by atoms with Crippen molar-refractivity contribution in [2.45, 2.75) is 0 Å². The van der Waals surface area contributed by atoms with Gasteiger partial charge in [-0.15, -0.1) is 0 Å². The van der Waals surface area contributed by atoms with Crippen molar-refractivity contribution in [3.05, 3.63) is 64.9 Å². The van der Waals surface area contributed by atoms with Crippen LogP contribution in [0.1, 0.15) is 5.56 Å². The fraction of sp³-hybridized carbons (Fsp3) is 0.0769. The van der Waals surface area contributed by atoms with E-state index >= 15 is 0 Å². The summed E-state index contributed by atoms with van der Waals surface area (Å²) in [6, 6.07) is 3.71. The van der Waals surface area contributed by atoms with Gasteiger partial charge in [-0.2, -0.15) is 23.8 Å². The van der Waals surface area contributed by atoms with Crippen molar-refractivity contribution in [2.75, 3.05) is 7.05 Å². The van der Waals surface area contributed by atoms with Crippen molar-refractivity contribution in [3.63, 3.8) is 0 Å². The predicted molar refractivity (Wildman–Crippen MR) is 63.8 cm³/mol. The second-order valence-electron chi connectivity index (χ2n) is 3.59. The number of likely N-dealkylation sites (N-methyl/N-ethyl adjacent to an activating group) is 1. The fourth-order valence-corrected chi connectivity index (χ4v) is 1.75. The number of allylic oxidation sites excluding steroid dienone is 3. The van der Waals surface area contributed by atoms with Crippen LogP contribution in [0.3, 0.4) is 0 Å². The quantitative estimate of drug-likeness (QED) is 0.704. The molecule has 0 amide bonds. The van der Waals surface area contributed by atoms with Gasteiger partial charge in [0.1, 0.15) is 0 Å². The van der Waals surface area contributed by atoms with E-state index in [1.165, 1.54) is 29.2 Å². The van der Waals surface area contributed by atoms with Crippen LogP contribution in [-0.4, -0.2) is 11.9 Å². The molecule has 0 bridgehead atoms. The van der Waals surface area contributed by atoms with E-state index in [1.54, 1.807) is 7.05 Å². The molecule has 1 heterocycles. The molecular weight excluding hydrogens is 333 g/mol. The van der Waals surface area contributed by atoms with Gasteiger partial charge in [-0.05, 0) is 28.4 Å². The largest absolute Gasteiger partial charge is 0.377 e. The molecule has 18 heavy (non-hydrogen) atoms. The van der Waals surface area contributed by atoms with Crippen molar-refractivity contribution in [3.8, 4) is 0 Å². The minimum atomic E-state index is -0.640. The molecule has 91 valence electrons. The number of nitrogens with zero attached hydrogens (tertiary/aromatic N) is 1. The molecule has 1 nitrogen and oxygen atoms in total. The number of halogens is 3. The SMILES string of the molecule is C=C1C(Cl)=C[C-]=C(c2c(F)cccc2F)N1C.[Y]. The molecule has 0 aromatic heterocycles. The fourth-order valence-electron chi connectivity index (χ4n) is 1.57. The molecule has 0 atom stereocenters. The van der Waals surface area contributed by atoms with E-state index in [0.717, 1.165) is 0 Å². The molecule has 1 aliphatic rings. The Labute approximate surface area is 135 Å². The summed E-state index contributed by atoms with van der Waals surface area (Å²) < 4.78 is 27.2. The summed E-state index contributed by atoms with van der Waals surface area (Å²) in [7, 11) is 1.63. The molecule has 1 aromatic rings. The van der Waals surface area contributed by atoms with Crippen LogP contribution in [0.5, 0.6) is 0 Å². The van der Waals surface area contributed by atoms with Crippen LogP contribution in [0.25, 0.3) is 5.70 Å². The van der Waals surface area contributed by atoms with Crippen molar-refractivity contribution < 1.29 is 41.5 Å². The number of hydrogen-bond donors (Lipinski definition) is 0. The summed E-state index contributed by atoms with van der Waals surface area (Å²) in [5, 5.41) is 0.396. The normalized spacial score (nSPS) is 14.9. The van der Waals surface area contributed by atoms with Crippen LogP contribution in [-0.2, 0) is 32.7 Å². The van der Waals surface area contributed by atoms with Gasteiger partial charge in [-0.25, -0.2) is 8.78 Å². The molecule has 0 unspecified atom stereocenters. The first kappa shape index (κ1) is 15.6. The van der Waals surface area contributed by atoms with Crippen molar-refractivity contribution in [2.24, 2.45) is 0 Å². The number of rotatable bonds is 1. The topological polar surface area (TPSA) is 3.24 Å². The van der Waals surface area contributed by atoms with Crippen LogP contribution in [0.15, 0.2) is 41.6 Å². The van der Waals surface area contributed by atoms with E-state index in [0.29, 0.717) is 10.7 Å². The van der Waals surface area contributed by atoms with Gasteiger partial charge in [0, 0.05) is 39.8 Å². The summed E-state index contributed by atoms with van der Waals surface area (Å²) in [4.78, 5) is 1.50. The van der Waals surface area contributed by atoms with Crippen LogP contribution >= 0.6 is 11.6 Å². The molecule has 0 aliphatic carbocycles. The monoisotopic (exact) mass is 341 g/mol. The zero-order valence-corrected chi connectivity index (χ0v) is 13.3. The van der Waals surface area contributed by atoms with Crippen molar-refractivity contribution >= 4 is 17.3 Å². The third kappa shape index (κ3) is 2.74. The minimum Gasteiger partial charge on any atom is -0.377 e. The first-order valence-electron chi connectivity index (χ1n) is 4.89. The Hall–Kier alpha value is -0.506. The zero-order valence-electron chi connectivity index (χ0n) is 9.67. The first-order valence-corrected chi connectivity index (χ1v) is 5.26. The summed E-state index contributed by atoms with van der Waals surface area (Å²) >= 11 is 5.85. The Kier molecular flexibility index (Phi) is 5.26. The molecule has 2 rings (SSSR count). The summed E-state index contributed by atoms with van der Waals surface area (Å²) in [5.41, 5.74) is 0.620. The molecule has 5 heteroatoms. The van der Waals surface area contributed by atoms with Crippen molar-refractivity contribution in [1.82, 2.24) is 4.90 Å². The van der Waals surface area contributed by atoms with Gasteiger partial charge >= 0.3 is 0 Å². The van der Waals surface area contributed by atoms with Crippen LogP contribution < -0.4 is 0 Å². The Balaban J connectivity index is 0.00000162. The van der Waals surface area contributed by atoms with Gasteiger partial charge < -0.3 is 4.90 Å². The van der Waals surface area contributed by atoms with Gasteiger partial charge in [0.25, 0.3) is 0 Å². The van der Waals surface area contributed by atoms with E-state index in [2.05, 4.69) is 12.7 Å². The smallest absolute Gasteiger partial charge is 0.0809 e. The van der Waals surface area contributed by atoms with E-state index in [9.17, 15) is 8.78 Å². The second kappa shape index (κ2) is 6.09. The number of benzene rings is 1. The third-order valence-corrected chi connectivity index (χ3v) is 2.88. The Morgan fingerprint density at radius 1 is 1.28 bits per heavy atom. The third-order valence-electron chi connectivity index (χ3n) is 2.55. The molecule has 1 aliphatic heterocycles. The maximum atomic E-state index is 13.6. The molecule has 1 aromatic carbocycles. The maximum Gasteiger partial charge on any atom is 0.0809 e. The average Bonchev–Trinajstić information content (AvgIpc) is 2.29. The van der Waals surface area contributed by atoms with Crippen LogP contribution in [0.2, 0.25) is 0 Å². The minimum absolute atomic E-state index is 0. The standard InChI is InChI=1S/C13H9ClF2N.Y/c1-8-9(14)6-7-12(17(8)2)13-10(15)4-3-5-11(13)16;/h3-6H,1H2,2H3;/q-1;. The van der Waals surface area contributed by atoms with E-state index in [4.69, 9.17) is 11.6 Å². The van der Waals surface area contributed by atoms with Crippen molar-refractivity contribution in [1.29, 1.82) is 0 Å². The van der Waals surface area contributed by atoms with Crippen LogP contribution in [0, 0.1) is 17.7 Å². The van der Waals surface area contributed by atoms with Gasteiger partial charge in [0.05, 0.1) is 11.6 Å². The summed E-state index contributed by atoms with van der Waals surface area (Å²) in [5.74, 6) is -1.28. The molecule has 0 saturated carbocycles. The molecular formula is C13H9ClF2NY-. The molecule has 0 fully saturated rings. The van der Waals surface area contributed by atoms with Crippen LogP contribution in [0.4, 0.5) is 8.78 Å². The molecule has 1 radical (unpaired) electrons. The Morgan fingerprint density at radius 3 is 2.39 bits per heavy atom. The first-order chi connectivity index (χ1) is 8.02. The molecule has 0 spiro atoms. The van der Waals surface area contributed by atoms with E-state index in [-0.39, 0.29) is 44.0 Å². The Bertz CT molecular complexity index is 532. The predicted octanol–water partition coefficient (Wildman–Crippen LogP) is 3.69. The average molecular weight is 342 g/mol.